The summed E-state index contributed by atoms with van der Waals surface area (Å²) in [5.41, 5.74) is 1.04. The molecule has 1 atom stereocenters. The molecule has 3 rings (SSSR count). The van der Waals surface area contributed by atoms with Gasteiger partial charge in [-0.15, -0.1) is 11.3 Å². The second-order valence-corrected chi connectivity index (χ2v) is 6.26. The minimum atomic E-state index is -0.0828. The average molecular weight is 305 g/mol. The first-order valence-electron chi connectivity index (χ1n) is 7.38. The largest absolute Gasteiger partial charge is 0.337 e. The summed E-state index contributed by atoms with van der Waals surface area (Å²) >= 11 is 1.50. The molecule has 2 aromatic rings. The molecule has 0 spiro atoms. The summed E-state index contributed by atoms with van der Waals surface area (Å²) < 4.78 is 5.37. The van der Waals surface area contributed by atoms with E-state index >= 15 is 0 Å². The third-order valence-corrected chi connectivity index (χ3v) is 4.91. The zero-order valence-electron chi connectivity index (χ0n) is 12.3. The van der Waals surface area contributed by atoms with E-state index in [1.807, 2.05) is 30.2 Å². The molecule has 2 aromatic heterocycles. The van der Waals surface area contributed by atoms with E-state index in [0.29, 0.717) is 11.7 Å². The van der Waals surface area contributed by atoms with E-state index < -0.39 is 0 Å². The van der Waals surface area contributed by atoms with Crippen LogP contribution in [0, 0.1) is 6.92 Å². The summed E-state index contributed by atoms with van der Waals surface area (Å²) in [4.78, 5) is 19.9. The maximum absolute atomic E-state index is 12.8. The quantitative estimate of drug-likeness (QED) is 0.872. The lowest BCUT2D eigenvalue weighted by atomic mass is 10.0. The molecule has 5 nitrogen and oxygen atoms in total. The molecule has 0 aromatic carbocycles. The number of carbonyl (C=O) groups excluding carboxylic acids is 1. The van der Waals surface area contributed by atoms with E-state index in [1.165, 1.54) is 11.3 Å². The Labute approximate surface area is 128 Å². The molecular formula is C15H19N3O2S. The van der Waals surface area contributed by atoms with Gasteiger partial charge in [0.2, 0.25) is 5.89 Å². The Bertz CT molecular complexity index is 634. The first kappa shape index (κ1) is 14.3. The van der Waals surface area contributed by atoms with Crippen LogP contribution in [0.15, 0.2) is 16.0 Å². The molecule has 3 heterocycles. The predicted octanol–water partition coefficient (Wildman–Crippen LogP) is 3.37. The molecule has 0 saturated carbocycles. The van der Waals surface area contributed by atoms with E-state index in [0.717, 1.165) is 42.7 Å². The molecule has 1 saturated heterocycles. The molecule has 0 unspecified atom stereocenters. The summed E-state index contributed by atoms with van der Waals surface area (Å²) in [6.07, 6.45) is 3.75. The Morgan fingerprint density at radius 1 is 1.52 bits per heavy atom. The molecule has 0 aliphatic carbocycles. The van der Waals surface area contributed by atoms with Crippen molar-refractivity contribution in [2.45, 2.75) is 45.6 Å². The average Bonchev–Trinajstić information content (AvgIpc) is 3.15. The van der Waals surface area contributed by atoms with Crippen LogP contribution in [0.1, 0.15) is 59.2 Å². The number of nitrogens with zero attached hydrogens (tertiary/aromatic N) is 3. The fourth-order valence-corrected chi connectivity index (χ4v) is 3.58. The molecule has 1 fully saturated rings. The van der Waals surface area contributed by atoms with Crippen LogP contribution in [-0.2, 0) is 6.42 Å². The van der Waals surface area contributed by atoms with Crippen molar-refractivity contribution < 1.29 is 9.32 Å². The maximum Gasteiger partial charge on any atom is 0.264 e. The monoisotopic (exact) mass is 305 g/mol. The van der Waals surface area contributed by atoms with Gasteiger partial charge in [-0.05, 0) is 43.2 Å². The van der Waals surface area contributed by atoms with Gasteiger partial charge in [-0.2, -0.15) is 4.98 Å². The highest BCUT2D eigenvalue weighted by molar-refractivity contribution is 7.12. The first-order chi connectivity index (χ1) is 10.2. The van der Waals surface area contributed by atoms with Crippen molar-refractivity contribution in [3.05, 3.63) is 33.6 Å². The summed E-state index contributed by atoms with van der Waals surface area (Å²) in [7, 11) is 0. The Hall–Kier alpha value is -1.69. The van der Waals surface area contributed by atoms with Crippen LogP contribution >= 0.6 is 11.3 Å². The number of rotatable bonds is 3. The van der Waals surface area contributed by atoms with E-state index in [9.17, 15) is 4.79 Å². The first-order valence-corrected chi connectivity index (χ1v) is 8.26. The molecule has 0 N–H and O–H groups in total. The number of aryl methyl sites for hydroxylation is 2. The van der Waals surface area contributed by atoms with Gasteiger partial charge < -0.3 is 9.42 Å². The summed E-state index contributed by atoms with van der Waals surface area (Å²) in [5, 5.41) is 5.92. The van der Waals surface area contributed by atoms with Gasteiger partial charge in [0.15, 0.2) is 5.82 Å². The third kappa shape index (κ3) is 2.72. The van der Waals surface area contributed by atoms with Gasteiger partial charge in [-0.3, -0.25) is 4.79 Å². The fourth-order valence-electron chi connectivity index (χ4n) is 2.70. The van der Waals surface area contributed by atoms with Crippen molar-refractivity contribution in [1.82, 2.24) is 15.0 Å². The standard InChI is InChI=1S/C15H19N3O2S/c1-3-12-16-14(20-17-12)11-6-4-5-8-18(11)15(19)13-10(2)7-9-21-13/h7,9,11H,3-6,8H2,1-2H3/t11-/m0/s1. The number of piperidine rings is 1. The molecule has 6 heteroatoms. The number of aromatic nitrogens is 2. The van der Waals surface area contributed by atoms with Crippen molar-refractivity contribution in [2.75, 3.05) is 6.54 Å². The number of carbonyl (C=O) groups is 1. The Morgan fingerprint density at radius 2 is 2.38 bits per heavy atom. The van der Waals surface area contributed by atoms with Crippen molar-refractivity contribution in [3.63, 3.8) is 0 Å². The smallest absolute Gasteiger partial charge is 0.264 e. The van der Waals surface area contributed by atoms with Gasteiger partial charge in [0.1, 0.15) is 6.04 Å². The summed E-state index contributed by atoms with van der Waals surface area (Å²) in [6, 6.07) is 1.90. The highest BCUT2D eigenvalue weighted by Crippen LogP contribution is 2.32. The zero-order chi connectivity index (χ0) is 14.8. The minimum Gasteiger partial charge on any atom is -0.337 e. The number of thiophene rings is 1. The third-order valence-electron chi connectivity index (χ3n) is 3.91. The van der Waals surface area contributed by atoms with Gasteiger partial charge in [0.25, 0.3) is 5.91 Å². The normalized spacial score (nSPS) is 19.0. The van der Waals surface area contributed by atoms with Gasteiger partial charge in [0.05, 0.1) is 4.88 Å². The topological polar surface area (TPSA) is 59.2 Å². The highest BCUT2D eigenvalue weighted by atomic mass is 32.1. The molecule has 1 aliphatic heterocycles. The van der Waals surface area contributed by atoms with Crippen LogP contribution in [0.5, 0.6) is 0 Å². The van der Waals surface area contributed by atoms with Crippen molar-refractivity contribution in [1.29, 1.82) is 0 Å². The highest BCUT2D eigenvalue weighted by Gasteiger charge is 2.33. The number of amides is 1. The van der Waals surface area contributed by atoms with Gasteiger partial charge in [-0.25, -0.2) is 0 Å². The van der Waals surface area contributed by atoms with Crippen LogP contribution in [-0.4, -0.2) is 27.5 Å². The lowest BCUT2D eigenvalue weighted by Crippen LogP contribution is -2.38. The van der Waals surface area contributed by atoms with Gasteiger partial charge in [-0.1, -0.05) is 12.1 Å². The van der Waals surface area contributed by atoms with Crippen molar-refractivity contribution >= 4 is 17.2 Å². The zero-order valence-corrected chi connectivity index (χ0v) is 13.2. The van der Waals surface area contributed by atoms with Crippen LogP contribution in [0.25, 0.3) is 0 Å². The predicted molar refractivity (Wildman–Crippen MR) is 80.4 cm³/mol. The SMILES string of the molecule is CCc1noc([C@@H]2CCCCN2C(=O)c2sccc2C)n1. The molecule has 1 aliphatic rings. The lowest BCUT2D eigenvalue weighted by molar-refractivity contribution is 0.0565. The van der Waals surface area contributed by atoms with E-state index in [2.05, 4.69) is 10.1 Å². The Morgan fingerprint density at radius 3 is 3.05 bits per heavy atom. The Balaban J connectivity index is 1.87. The number of hydrogen-bond donors (Lipinski definition) is 0. The molecular weight excluding hydrogens is 286 g/mol. The summed E-state index contributed by atoms with van der Waals surface area (Å²) in [6.45, 7) is 4.72. The fraction of sp³-hybridized carbons (Fsp3) is 0.533. The molecule has 21 heavy (non-hydrogen) atoms. The summed E-state index contributed by atoms with van der Waals surface area (Å²) in [5.74, 6) is 1.37. The van der Waals surface area contributed by atoms with Crippen LogP contribution in [0.4, 0.5) is 0 Å². The van der Waals surface area contributed by atoms with E-state index in [-0.39, 0.29) is 11.9 Å². The lowest BCUT2D eigenvalue weighted by Gasteiger charge is -2.33. The van der Waals surface area contributed by atoms with Crippen LogP contribution < -0.4 is 0 Å². The molecule has 0 bridgehead atoms. The van der Waals surface area contributed by atoms with Crippen molar-refractivity contribution in [2.24, 2.45) is 0 Å². The van der Waals surface area contributed by atoms with Crippen LogP contribution in [0.3, 0.4) is 0 Å². The molecule has 112 valence electrons. The second-order valence-electron chi connectivity index (χ2n) is 5.35. The van der Waals surface area contributed by atoms with E-state index in [1.54, 1.807) is 0 Å². The Kier molecular flexibility index (Phi) is 4.05. The van der Waals surface area contributed by atoms with Crippen molar-refractivity contribution in [3.8, 4) is 0 Å². The second kappa shape index (κ2) is 5.97. The molecule has 1 amide bonds. The maximum atomic E-state index is 12.8. The van der Waals surface area contributed by atoms with Gasteiger partial charge in [0, 0.05) is 13.0 Å². The number of likely N-dealkylation sites (tertiary alicyclic amines) is 1. The van der Waals surface area contributed by atoms with Gasteiger partial charge >= 0.3 is 0 Å². The van der Waals surface area contributed by atoms with Crippen LogP contribution in [0.2, 0.25) is 0 Å². The number of hydrogen-bond acceptors (Lipinski definition) is 5. The van der Waals surface area contributed by atoms with E-state index in [4.69, 9.17) is 4.52 Å². The molecule has 0 radical (unpaired) electrons. The minimum absolute atomic E-state index is 0.0828.